The van der Waals surface area contributed by atoms with Crippen molar-refractivity contribution in [2.75, 3.05) is 26.9 Å². The Morgan fingerprint density at radius 1 is 1.27 bits per heavy atom. The van der Waals surface area contributed by atoms with E-state index < -0.39 is 0 Å². The van der Waals surface area contributed by atoms with Gasteiger partial charge in [0.2, 0.25) is 0 Å². The Labute approximate surface area is 91.3 Å². The minimum absolute atomic E-state index is 0.108. The van der Waals surface area contributed by atoms with Crippen LogP contribution < -0.4 is 4.74 Å². The summed E-state index contributed by atoms with van der Waals surface area (Å²) in [5.41, 5.74) is 1.26. The van der Waals surface area contributed by atoms with Crippen LogP contribution in [0.25, 0.3) is 0 Å². The maximum absolute atomic E-state index is 8.83. The van der Waals surface area contributed by atoms with Gasteiger partial charge >= 0.3 is 0 Å². The van der Waals surface area contributed by atoms with E-state index >= 15 is 0 Å². The quantitative estimate of drug-likeness (QED) is 0.721. The first-order valence-corrected chi connectivity index (χ1v) is 5.27. The highest BCUT2D eigenvalue weighted by Gasteiger charge is 1.98. The van der Waals surface area contributed by atoms with Crippen LogP contribution in [0.5, 0.6) is 5.75 Å². The molecule has 0 amide bonds. The maximum Gasteiger partial charge on any atom is 0.119 e. The monoisotopic (exact) mass is 209 g/mol. The summed E-state index contributed by atoms with van der Waals surface area (Å²) >= 11 is 0. The summed E-state index contributed by atoms with van der Waals surface area (Å²) in [5.74, 6) is 0.914. The Bertz CT molecular complexity index is 271. The first-order chi connectivity index (χ1) is 7.26. The Morgan fingerprint density at radius 2 is 1.93 bits per heavy atom. The average molecular weight is 209 g/mol. The number of benzene rings is 1. The van der Waals surface area contributed by atoms with Crippen LogP contribution in [0.2, 0.25) is 0 Å². The fraction of sp³-hybridized carbons (Fsp3) is 0.500. The number of rotatable bonds is 6. The summed E-state index contributed by atoms with van der Waals surface area (Å²) in [4.78, 5) is 1.87. The molecule has 1 rings (SSSR count). The Morgan fingerprint density at radius 3 is 2.47 bits per heavy atom. The van der Waals surface area contributed by atoms with Gasteiger partial charge in [0.25, 0.3) is 0 Å². The van der Waals surface area contributed by atoms with Crippen molar-refractivity contribution in [1.29, 1.82) is 0 Å². The highest BCUT2D eigenvalue weighted by atomic mass is 16.5. The third-order valence-electron chi connectivity index (χ3n) is 2.26. The summed E-state index contributed by atoms with van der Waals surface area (Å²) < 4.78 is 5.36. The molecule has 1 aromatic rings. The molecule has 0 heterocycles. The van der Waals surface area contributed by atoms with Crippen molar-refractivity contribution in [3.05, 3.63) is 29.8 Å². The first-order valence-electron chi connectivity index (χ1n) is 5.27. The molecule has 3 nitrogen and oxygen atoms in total. The molecule has 0 aliphatic heterocycles. The van der Waals surface area contributed by atoms with Gasteiger partial charge in [0.15, 0.2) is 0 Å². The number of likely N-dealkylation sites (N-methyl/N-ethyl adjacent to an activating group) is 1. The Kier molecular flexibility index (Phi) is 5.15. The molecule has 0 aromatic heterocycles. The van der Waals surface area contributed by atoms with Gasteiger partial charge in [-0.15, -0.1) is 0 Å². The number of ether oxygens (including phenoxy) is 1. The molecule has 0 aliphatic rings. The number of aliphatic hydroxyl groups excluding tert-OH is 1. The van der Waals surface area contributed by atoms with E-state index in [2.05, 4.69) is 12.1 Å². The van der Waals surface area contributed by atoms with Crippen LogP contribution >= 0.6 is 0 Å². The molecule has 0 radical (unpaired) electrons. The van der Waals surface area contributed by atoms with Gasteiger partial charge < -0.3 is 9.84 Å². The molecule has 0 aliphatic carbocycles. The van der Waals surface area contributed by atoms with Gasteiger partial charge in [-0.1, -0.05) is 12.1 Å². The summed E-state index contributed by atoms with van der Waals surface area (Å²) in [6.07, 6.45) is 0.948. The third-order valence-corrected chi connectivity index (χ3v) is 2.26. The van der Waals surface area contributed by atoms with Crippen molar-refractivity contribution in [3.8, 4) is 5.75 Å². The van der Waals surface area contributed by atoms with E-state index in [1.54, 1.807) is 0 Å². The standard InChI is InChI=1S/C12H19NO2/c1-3-15-12-6-4-11(5-7-12)8-9-13(2)10-14/h4-7,14H,3,8-10H2,1-2H3. The summed E-state index contributed by atoms with van der Waals surface area (Å²) in [6.45, 7) is 3.65. The lowest BCUT2D eigenvalue weighted by Gasteiger charge is -2.12. The molecule has 0 atom stereocenters. The van der Waals surface area contributed by atoms with Gasteiger partial charge in [0.05, 0.1) is 13.3 Å². The molecule has 0 fully saturated rings. The summed E-state index contributed by atoms with van der Waals surface area (Å²) in [5, 5.41) is 8.83. The van der Waals surface area contributed by atoms with E-state index in [1.165, 1.54) is 5.56 Å². The minimum Gasteiger partial charge on any atom is -0.494 e. The van der Waals surface area contributed by atoms with E-state index in [1.807, 2.05) is 31.0 Å². The molecule has 0 saturated carbocycles. The van der Waals surface area contributed by atoms with Gasteiger partial charge in [-0.3, -0.25) is 4.90 Å². The van der Waals surface area contributed by atoms with Crippen molar-refractivity contribution in [2.45, 2.75) is 13.3 Å². The van der Waals surface area contributed by atoms with E-state index in [0.29, 0.717) is 6.61 Å². The van der Waals surface area contributed by atoms with Crippen LogP contribution in [0.15, 0.2) is 24.3 Å². The molecular weight excluding hydrogens is 190 g/mol. The Balaban J connectivity index is 2.42. The molecule has 15 heavy (non-hydrogen) atoms. The van der Waals surface area contributed by atoms with Crippen LogP contribution in [0.3, 0.4) is 0 Å². The molecule has 1 aromatic carbocycles. The number of aliphatic hydroxyl groups is 1. The number of nitrogens with zero attached hydrogens (tertiary/aromatic N) is 1. The van der Waals surface area contributed by atoms with Crippen LogP contribution in [-0.2, 0) is 6.42 Å². The predicted octanol–water partition coefficient (Wildman–Crippen LogP) is 1.51. The zero-order valence-corrected chi connectivity index (χ0v) is 9.44. The SMILES string of the molecule is CCOc1ccc(CCN(C)CO)cc1. The van der Waals surface area contributed by atoms with Crippen molar-refractivity contribution < 1.29 is 9.84 Å². The van der Waals surface area contributed by atoms with Crippen molar-refractivity contribution in [2.24, 2.45) is 0 Å². The van der Waals surface area contributed by atoms with E-state index in [0.717, 1.165) is 18.7 Å². The lowest BCUT2D eigenvalue weighted by atomic mass is 10.1. The maximum atomic E-state index is 8.83. The van der Waals surface area contributed by atoms with E-state index in [9.17, 15) is 0 Å². The van der Waals surface area contributed by atoms with Crippen LogP contribution in [0.4, 0.5) is 0 Å². The lowest BCUT2D eigenvalue weighted by molar-refractivity contribution is 0.134. The molecule has 1 N–H and O–H groups in total. The summed E-state index contributed by atoms with van der Waals surface area (Å²) in [6, 6.07) is 8.10. The van der Waals surface area contributed by atoms with Gasteiger partial charge in [-0.05, 0) is 38.1 Å². The van der Waals surface area contributed by atoms with Crippen molar-refractivity contribution in [1.82, 2.24) is 4.90 Å². The highest BCUT2D eigenvalue weighted by Crippen LogP contribution is 2.12. The fourth-order valence-electron chi connectivity index (χ4n) is 1.31. The first kappa shape index (κ1) is 12.0. The molecule has 0 unspecified atom stereocenters. The average Bonchev–Trinajstić information content (AvgIpc) is 2.28. The zero-order chi connectivity index (χ0) is 11.1. The number of hydrogen-bond donors (Lipinski definition) is 1. The smallest absolute Gasteiger partial charge is 0.119 e. The minimum atomic E-state index is 0.108. The van der Waals surface area contributed by atoms with Crippen LogP contribution in [0.1, 0.15) is 12.5 Å². The van der Waals surface area contributed by atoms with Gasteiger partial charge in [0.1, 0.15) is 5.75 Å². The van der Waals surface area contributed by atoms with Gasteiger partial charge in [-0.2, -0.15) is 0 Å². The second kappa shape index (κ2) is 6.43. The highest BCUT2D eigenvalue weighted by molar-refractivity contribution is 5.27. The van der Waals surface area contributed by atoms with Crippen molar-refractivity contribution >= 4 is 0 Å². The second-order valence-electron chi connectivity index (χ2n) is 3.55. The summed E-state index contributed by atoms with van der Waals surface area (Å²) in [7, 11) is 1.90. The van der Waals surface area contributed by atoms with Crippen LogP contribution in [-0.4, -0.2) is 36.9 Å². The van der Waals surface area contributed by atoms with Gasteiger partial charge in [0, 0.05) is 6.54 Å². The molecule has 0 bridgehead atoms. The largest absolute Gasteiger partial charge is 0.494 e. The normalized spacial score (nSPS) is 10.7. The van der Waals surface area contributed by atoms with Crippen LogP contribution in [0, 0.1) is 0 Å². The third kappa shape index (κ3) is 4.32. The van der Waals surface area contributed by atoms with E-state index in [-0.39, 0.29) is 6.73 Å². The van der Waals surface area contributed by atoms with E-state index in [4.69, 9.17) is 9.84 Å². The Hall–Kier alpha value is -1.06. The topological polar surface area (TPSA) is 32.7 Å². The lowest BCUT2D eigenvalue weighted by Crippen LogP contribution is -2.21. The van der Waals surface area contributed by atoms with Gasteiger partial charge in [-0.25, -0.2) is 0 Å². The molecular formula is C12H19NO2. The fourth-order valence-corrected chi connectivity index (χ4v) is 1.31. The van der Waals surface area contributed by atoms with Crippen molar-refractivity contribution in [3.63, 3.8) is 0 Å². The molecule has 84 valence electrons. The molecule has 0 saturated heterocycles. The molecule has 0 spiro atoms. The zero-order valence-electron chi connectivity index (χ0n) is 9.44. The second-order valence-corrected chi connectivity index (χ2v) is 3.55. The predicted molar refractivity (Wildman–Crippen MR) is 61.0 cm³/mol. The molecule has 3 heteroatoms. The number of hydrogen-bond acceptors (Lipinski definition) is 3.